The Bertz CT molecular complexity index is 1300. The van der Waals surface area contributed by atoms with Gasteiger partial charge >= 0.3 is 0 Å². The van der Waals surface area contributed by atoms with Crippen molar-refractivity contribution in [2.45, 2.75) is 20.3 Å². The van der Waals surface area contributed by atoms with Crippen LogP contribution >= 0.6 is 22.9 Å². The van der Waals surface area contributed by atoms with Gasteiger partial charge in [0.05, 0.1) is 26.7 Å². The van der Waals surface area contributed by atoms with E-state index in [-0.39, 0.29) is 5.91 Å². The first-order valence-electron chi connectivity index (χ1n) is 10.7. The normalized spacial score (nSPS) is 14.7. The predicted octanol–water partition coefficient (Wildman–Crippen LogP) is 5.10. The summed E-state index contributed by atoms with van der Waals surface area (Å²) in [4.78, 5) is 22.1. The quantitative estimate of drug-likeness (QED) is 0.422. The fourth-order valence-electron chi connectivity index (χ4n) is 4.11. The van der Waals surface area contributed by atoms with Crippen molar-refractivity contribution in [1.82, 2.24) is 19.7 Å². The molecule has 32 heavy (non-hydrogen) atoms. The molecule has 2 aromatic carbocycles. The van der Waals surface area contributed by atoms with Crippen LogP contribution in [0.25, 0.3) is 16.0 Å². The van der Waals surface area contributed by atoms with Crippen LogP contribution < -0.4 is 4.90 Å². The molecule has 1 aliphatic heterocycles. The van der Waals surface area contributed by atoms with Gasteiger partial charge in [0, 0.05) is 26.2 Å². The average molecular weight is 466 g/mol. The second-order valence-corrected chi connectivity index (χ2v) is 9.48. The standard InChI is InChI=1S/C24H24ClN5OS/c1-16-7-5-8-18(15-16)30-22-21(17(2)27-30)32-24(26-22)29-12-6-11-28(13-14-29)23(31)19-9-3-4-10-20(19)25/h3-5,7-10,15H,6,11-14H2,1-2H3. The van der Waals surface area contributed by atoms with Gasteiger partial charge in [0.1, 0.15) is 0 Å². The molecule has 0 saturated carbocycles. The molecule has 5 rings (SSSR count). The van der Waals surface area contributed by atoms with E-state index in [0.29, 0.717) is 23.7 Å². The zero-order chi connectivity index (χ0) is 22.2. The van der Waals surface area contributed by atoms with E-state index < -0.39 is 0 Å². The first-order valence-corrected chi connectivity index (χ1v) is 11.9. The van der Waals surface area contributed by atoms with Crippen LogP contribution in [0.2, 0.25) is 5.02 Å². The summed E-state index contributed by atoms with van der Waals surface area (Å²) in [6, 6.07) is 15.6. The number of aryl methyl sites for hydroxylation is 2. The van der Waals surface area contributed by atoms with Gasteiger partial charge in [-0.1, -0.05) is 47.2 Å². The number of benzene rings is 2. The number of carbonyl (C=O) groups excluding carboxylic acids is 1. The van der Waals surface area contributed by atoms with Gasteiger partial charge in [-0.15, -0.1) is 0 Å². The molecule has 4 aromatic rings. The molecule has 0 N–H and O–H groups in total. The molecule has 3 heterocycles. The summed E-state index contributed by atoms with van der Waals surface area (Å²) in [5, 5.41) is 6.21. The lowest BCUT2D eigenvalue weighted by Crippen LogP contribution is -2.35. The van der Waals surface area contributed by atoms with Crippen molar-refractivity contribution in [1.29, 1.82) is 0 Å². The molecule has 0 aliphatic carbocycles. The highest BCUT2D eigenvalue weighted by Crippen LogP contribution is 2.33. The van der Waals surface area contributed by atoms with Gasteiger partial charge in [0.15, 0.2) is 10.8 Å². The largest absolute Gasteiger partial charge is 0.346 e. The maximum Gasteiger partial charge on any atom is 0.255 e. The molecule has 164 valence electrons. The molecule has 2 aromatic heterocycles. The molecular weight excluding hydrogens is 442 g/mol. The lowest BCUT2D eigenvalue weighted by molar-refractivity contribution is 0.0767. The van der Waals surface area contributed by atoms with Gasteiger partial charge in [-0.25, -0.2) is 4.68 Å². The van der Waals surface area contributed by atoms with Crippen LogP contribution in [0, 0.1) is 13.8 Å². The summed E-state index contributed by atoms with van der Waals surface area (Å²) in [6.07, 6.45) is 0.884. The van der Waals surface area contributed by atoms with Gasteiger partial charge in [-0.05, 0) is 50.1 Å². The zero-order valence-electron chi connectivity index (χ0n) is 18.1. The molecule has 6 nitrogen and oxygen atoms in total. The summed E-state index contributed by atoms with van der Waals surface area (Å²) >= 11 is 7.93. The van der Waals surface area contributed by atoms with Crippen molar-refractivity contribution in [3.8, 4) is 5.69 Å². The Morgan fingerprint density at radius 1 is 1.03 bits per heavy atom. The molecule has 0 bridgehead atoms. The number of thiazole rings is 1. The number of rotatable bonds is 3. The fourth-order valence-corrected chi connectivity index (χ4v) is 5.37. The minimum atomic E-state index is -0.00677. The van der Waals surface area contributed by atoms with Crippen molar-refractivity contribution in [3.63, 3.8) is 0 Å². The summed E-state index contributed by atoms with van der Waals surface area (Å²) in [6.45, 7) is 7.06. The number of anilines is 1. The number of carbonyl (C=O) groups is 1. The van der Waals surface area contributed by atoms with Crippen LogP contribution in [0.15, 0.2) is 48.5 Å². The second-order valence-electron chi connectivity index (χ2n) is 8.10. The van der Waals surface area contributed by atoms with Crippen molar-refractivity contribution >= 4 is 44.3 Å². The molecule has 0 unspecified atom stereocenters. The molecule has 0 atom stereocenters. The van der Waals surface area contributed by atoms with Crippen LogP contribution in [-0.4, -0.2) is 51.8 Å². The average Bonchev–Trinajstić information content (AvgIpc) is 3.24. The maximum atomic E-state index is 13.0. The molecule has 1 aliphatic rings. The van der Waals surface area contributed by atoms with Gasteiger partial charge in [0.2, 0.25) is 0 Å². The first kappa shape index (κ1) is 21.0. The van der Waals surface area contributed by atoms with E-state index in [2.05, 4.69) is 30.0 Å². The van der Waals surface area contributed by atoms with Crippen LogP contribution in [0.1, 0.15) is 28.0 Å². The van der Waals surface area contributed by atoms with E-state index in [4.69, 9.17) is 21.7 Å². The SMILES string of the molecule is Cc1cccc(-n2nc(C)c3sc(N4CCCN(C(=O)c5ccccc5Cl)CC4)nc32)c1. The van der Waals surface area contributed by atoms with E-state index in [0.717, 1.165) is 46.4 Å². The van der Waals surface area contributed by atoms with E-state index in [9.17, 15) is 4.79 Å². The summed E-state index contributed by atoms with van der Waals surface area (Å²) in [5.41, 5.74) is 4.65. The molecule has 1 amide bonds. The van der Waals surface area contributed by atoms with Crippen molar-refractivity contribution < 1.29 is 4.79 Å². The number of amides is 1. The summed E-state index contributed by atoms with van der Waals surface area (Å²) in [7, 11) is 0. The molecule has 0 radical (unpaired) electrons. The zero-order valence-corrected chi connectivity index (χ0v) is 19.7. The Morgan fingerprint density at radius 3 is 2.69 bits per heavy atom. The fraction of sp³-hybridized carbons (Fsp3) is 0.292. The number of nitrogens with zero attached hydrogens (tertiary/aromatic N) is 5. The highest BCUT2D eigenvalue weighted by molar-refractivity contribution is 7.22. The van der Waals surface area contributed by atoms with E-state index >= 15 is 0 Å². The molecule has 8 heteroatoms. The van der Waals surface area contributed by atoms with Crippen LogP contribution in [0.5, 0.6) is 0 Å². The minimum absolute atomic E-state index is 0.00677. The third kappa shape index (κ3) is 3.87. The van der Waals surface area contributed by atoms with Gasteiger partial charge < -0.3 is 9.80 Å². The van der Waals surface area contributed by atoms with Crippen molar-refractivity contribution in [2.75, 3.05) is 31.1 Å². The molecular formula is C24H24ClN5OS. The van der Waals surface area contributed by atoms with E-state index in [1.165, 1.54) is 5.56 Å². The molecule has 0 spiro atoms. The third-order valence-corrected chi connectivity index (χ3v) is 7.33. The van der Waals surface area contributed by atoms with Crippen molar-refractivity contribution in [2.24, 2.45) is 0 Å². The number of halogens is 1. The first-order chi connectivity index (χ1) is 15.5. The summed E-state index contributed by atoms with van der Waals surface area (Å²) < 4.78 is 3.04. The molecule has 1 fully saturated rings. The van der Waals surface area contributed by atoms with Crippen LogP contribution in [0.4, 0.5) is 5.13 Å². The lowest BCUT2D eigenvalue weighted by atomic mass is 10.2. The molecule has 1 saturated heterocycles. The monoisotopic (exact) mass is 465 g/mol. The van der Waals surface area contributed by atoms with E-state index in [1.54, 1.807) is 23.5 Å². The smallest absolute Gasteiger partial charge is 0.255 e. The highest BCUT2D eigenvalue weighted by atomic mass is 35.5. The Hall–Kier alpha value is -2.90. The highest BCUT2D eigenvalue weighted by Gasteiger charge is 2.24. The summed E-state index contributed by atoms with van der Waals surface area (Å²) in [5.74, 6) is -0.00677. The maximum absolute atomic E-state index is 13.0. The van der Waals surface area contributed by atoms with Gasteiger partial charge in [-0.3, -0.25) is 4.79 Å². The Kier molecular flexibility index (Phi) is 5.61. The second kappa shape index (κ2) is 8.56. The van der Waals surface area contributed by atoms with Crippen LogP contribution in [0.3, 0.4) is 0 Å². The topological polar surface area (TPSA) is 54.3 Å². The van der Waals surface area contributed by atoms with E-state index in [1.807, 2.05) is 34.7 Å². The number of fused-ring (bicyclic) bond motifs is 1. The van der Waals surface area contributed by atoms with Crippen molar-refractivity contribution in [3.05, 3.63) is 70.4 Å². The number of hydrogen-bond acceptors (Lipinski definition) is 5. The predicted molar refractivity (Wildman–Crippen MR) is 130 cm³/mol. The lowest BCUT2D eigenvalue weighted by Gasteiger charge is -2.22. The minimum Gasteiger partial charge on any atom is -0.346 e. The number of aromatic nitrogens is 3. The van der Waals surface area contributed by atoms with Gasteiger partial charge in [-0.2, -0.15) is 10.1 Å². The Morgan fingerprint density at radius 2 is 1.88 bits per heavy atom. The Balaban J connectivity index is 1.39. The number of hydrogen-bond donors (Lipinski definition) is 0. The Labute approximate surface area is 196 Å². The van der Waals surface area contributed by atoms with Gasteiger partial charge in [0.25, 0.3) is 5.91 Å². The third-order valence-electron chi connectivity index (χ3n) is 5.78. The van der Waals surface area contributed by atoms with Crippen LogP contribution in [-0.2, 0) is 0 Å².